The molecule has 0 bridgehead atoms. The first kappa shape index (κ1) is 21.6. The summed E-state index contributed by atoms with van der Waals surface area (Å²) in [7, 11) is 0. The molecule has 0 saturated carbocycles. The maximum absolute atomic E-state index is 13.1. The number of benzene rings is 2. The predicted octanol–water partition coefficient (Wildman–Crippen LogP) is 4.57. The zero-order chi connectivity index (χ0) is 21.7. The number of thioether (sulfide) groups is 1. The molecule has 30 heavy (non-hydrogen) atoms. The highest BCUT2D eigenvalue weighted by Crippen LogP contribution is 2.28. The number of anilines is 1. The summed E-state index contributed by atoms with van der Waals surface area (Å²) >= 11 is 1.25. The second-order valence-electron chi connectivity index (χ2n) is 6.87. The van der Waals surface area contributed by atoms with Crippen molar-refractivity contribution in [3.63, 3.8) is 0 Å². The largest absolute Gasteiger partial charge is 0.506 e. The Kier molecular flexibility index (Phi) is 6.94. The van der Waals surface area contributed by atoms with Crippen LogP contribution in [0, 0.1) is 5.82 Å². The molecule has 0 fully saturated rings. The van der Waals surface area contributed by atoms with Gasteiger partial charge in [-0.3, -0.25) is 4.79 Å². The van der Waals surface area contributed by atoms with Gasteiger partial charge in [-0.1, -0.05) is 23.9 Å². The van der Waals surface area contributed by atoms with Crippen LogP contribution in [-0.4, -0.2) is 31.5 Å². The van der Waals surface area contributed by atoms with Gasteiger partial charge in [0.25, 0.3) is 0 Å². The fourth-order valence-electron chi connectivity index (χ4n) is 2.82. The number of hydrogen-bond acceptors (Lipinski definition) is 6. The molecule has 0 aliphatic carbocycles. The van der Waals surface area contributed by atoms with Crippen molar-refractivity contribution < 1.29 is 19.0 Å². The lowest BCUT2D eigenvalue weighted by atomic mass is 10.3. The summed E-state index contributed by atoms with van der Waals surface area (Å²) in [6, 6.07) is 12.4. The topological polar surface area (TPSA) is 89.3 Å². The molecule has 1 amide bonds. The highest BCUT2D eigenvalue weighted by Gasteiger charge is 2.22. The van der Waals surface area contributed by atoms with Gasteiger partial charge in [-0.2, -0.15) is 0 Å². The third-order valence-electron chi connectivity index (χ3n) is 4.21. The summed E-state index contributed by atoms with van der Waals surface area (Å²) < 4.78 is 20.9. The van der Waals surface area contributed by atoms with Crippen LogP contribution >= 0.6 is 11.8 Å². The Balaban J connectivity index is 1.68. The van der Waals surface area contributed by atoms with E-state index in [0.29, 0.717) is 22.4 Å². The standard InChI is InChI=1S/C21H23FN4O3S/c1-13(2)26-20(14(3)29-16-10-8-15(22)9-11-16)24-25-21(26)30-12-19(28)23-17-6-4-5-7-18(17)27/h4-11,13-14,27H,12H2,1-3H3,(H,23,28). The molecular weight excluding hydrogens is 407 g/mol. The molecule has 3 aromatic rings. The van der Waals surface area contributed by atoms with E-state index < -0.39 is 6.10 Å². The molecule has 158 valence electrons. The number of carbonyl (C=O) groups is 1. The Morgan fingerprint density at radius 3 is 2.53 bits per heavy atom. The fourth-order valence-corrected chi connectivity index (χ4v) is 3.69. The Bertz CT molecular complexity index is 1010. The molecule has 0 aliphatic rings. The average molecular weight is 431 g/mol. The number of hydrogen-bond donors (Lipinski definition) is 2. The second kappa shape index (κ2) is 9.62. The Morgan fingerprint density at radius 2 is 1.87 bits per heavy atom. The summed E-state index contributed by atoms with van der Waals surface area (Å²) in [6.07, 6.45) is -0.421. The smallest absolute Gasteiger partial charge is 0.234 e. The zero-order valence-corrected chi connectivity index (χ0v) is 17.7. The molecule has 2 aromatic carbocycles. The minimum absolute atomic E-state index is 0.00949. The summed E-state index contributed by atoms with van der Waals surface area (Å²) in [5.74, 6) is 0.650. The number of aromatic nitrogens is 3. The Hall–Kier alpha value is -3.07. The van der Waals surface area contributed by atoms with Crippen molar-refractivity contribution in [2.24, 2.45) is 0 Å². The molecule has 1 heterocycles. The van der Waals surface area contributed by atoms with Crippen LogP contribution in [0.5, 0.6) is 11.5 Å². The molecular formula is C21H23FN4O3S. The molecule has 2 N–H and O–H groups in total. The van der Waals surface area contributed by atoms with Crippen molar-refractivity contribution in [1.29, 1.82) is 0 Å². The number of para-hydroxylation sites is 2. The molecule has 0 radical (unpaired) electrons. The number of aromatic hydroxyl groups is 1. The van der Waals surface area contributed by atoms with Crippen molar-refractivity contribution in [1.82, 2.24) is 14.8 Å². The van der Waals surface area contributed by atoms with E-state index in [9.17, 15) is 14.3 Å². The first-order chi connectivity index (χ1) is 14.3. The summed E-state index contributed by atoms with van der Waals surface area (Å²) in [4.78, 5) is 12.3. The van der Waals surface area contributed by atoms with Crippen LogP contribution in [0.25, 0.3) is 0 Å². The van der Waals surface area contributed by atoms with E-state index in [1.165, 1.54) is 30.0 Å². The number of amides is 1. The van der Waals surface area contributed by atoms with E-state index in [2.05, 4.69) is 15.5 Å². The van der Waals surface area contributed by atoms with E-state index in [-0.39, 0.29) is 29.3 Å². The van der Waals surface area contributed by atoms with Gasteiger partial charge in [0, 0.05) is 6.04 Å². The molecule has 0 aliphatic heterocycles. The van der Waals surface area contributed by atoms with E-state index >= 15 is 0 Å². The maximum atomic E-state index is 13.1. The Morgan fingerprint density at radius 1 is 1.17 bits per heavy atom. The van der Waals surface area contributed by atoms with Crippen LogP contribution in [0.3, 0.4) is 0 Å². The highest BCUT2D eigenvalue weighted by molar-refractivity contribution is 7.99. The number of halogens is 1. The number of ether oxygens (including phenoxy) is 1. The van der Waals surface area contributed by atoms with Crippen molar-refractivity contribution in [2.75, 3.05) is 11.1 Å². The lowest BCUT2D eigenvalue weighted by Crippen LogP contribution is -2.16. The van der Waals surface area contributed by atoms with Crippen LogP contribution in [0.4, 0.5) is 10.1 Å². The lowest BCUT2D eigenvalue weighted by Gasteiger charge is -2.18. The minimum Gasteiger partial charge on any atom is -0.506 e. The SMILES string of the molecule is CC(Oc1ccc(F)cc1)c1nnc(SCC(=O)Nc2ccccc2O)n1C(C)C. The van der Waals surface area contributed by atoms with Crippen molar-refractivity contribution in [3.05, 3.63) is 60.2 Å². The first-order valence-corrected chi connectivity index (χ1v) is 10.4. The molecule has 9 heteroatoms. The van der Waals surface area contributed by atoms with Crippen molar-refractivity contribution in [2.45, 2.75) is 38.1 Å². The molecule has 0 spiro atoms. The molecule has 1 unspecified atom stereocenters. The summed E-state index contributed by atoms with van der Waals surface area (Å²) in [5.41, 5.74) is 0.357. The van der Waals surface area contributed by atoms with Gasteiger partial charge in [0.15, 0.2) is 17.1 Å². The van der Waals surface area contributed by atoms with Gasteiger partial charge >= 0.3 is 0 Å². The van der Waals surface area contributed by atoms with Gasteiger partial charge < -0.3 is 19.7 Å². The number of nitrogens with zero attached hydrogens (tertiary/aromatic N) is 3. The molecule has 3 rings (SSSR count). The van der Waals surface area contributed by atoms with Crippen LogP contribution in [-0.2, 0) is 4.79 Å². The molecule has 1 aromatic heterocycles. The van der Waals surface area contributed by atoms with Gasteiger partial charge in [-0.25, -0.2) is 4.39 Å². The van der Waals surface area contributed by atoms with Gasteiger partial charge in [0.05, 0.1) is 11.4 Å². The summed E-state index contributed by atoms with van der Waals surface area (Å²) in [5, 5.41) is 21.5. The number of rotatable bonds is 8. The zero-order valence-electron chi connectivity index (χ0n) is 16.9. The van der Waals surface area contributed by atoms with Crippen LogP contribution in [0.1, 0.15) is 38.7 Å². The minimum atomic E-state index is -0.421. The maximum Gasteiger partial charge on any atom is 0.234 e. The van der Waals surface area contributed by atoms with E-state index in [1.807, 2.05) is 25.3 Å². The van der Waals surface area contributed by atoms with Gasteiger partial charge in [0.1, 0.15) is 17.3 Å². The summed E-state index contributed by atoms with van der Waals surface area (Å²) in [6.45, 7) is 5.82. The van der Waals surface area contributed by atoms with Crippen LogP contribution in [0.2, 0.25) is 0 Å². The monoisotopic (exact) mass is 430 g/mol. The normalized spacial score (nSPS) is 12.0. The van der Waals surface area contributed by atoms with Gasteiger partial charge in [0.2, 0.25) is 5.91 Å². The molecule has 0 saturated heterocycles. The number of phenols is 1. The number of nitrogens with one attached hydrogen (secondary N) is 1. The van der Waals surface area contributed by atoms with Crippen LogP contribution < -0.4 is 10.1 Å². The van der Waals surface area contributed by atoms with E-state index in [0.717, 1.165) is 0 Å². The van der Waals surface area contributed by atoms with E-state index in [4.69, 9.17) is 4.74 Å². The first-order valence-electron chi connectivity index (χ1n) is 9.42. The van der Waals surface area contributed by atoms with Crippen molar-refractivity contribution >= 4 is 23.4 Å². The highest BCUT2D eigenvalue weighted by atomic mass is 32.2. The third kappa shape index (κ3) is 5.29. The van der Waals surface area contributed by atoms with Crippen LogP contribution in [0.15, 0.2) is 53.7 Å². The molecule has 1 atom stereocenters. The number of phenolic OH excluding ortho intramolecular Hbond substituents is 1. The second-order valence-corrected chi connectivity index (χ2v) is 7.82. The van der Waals surface area contributed by atoms with E-state index in [1.54, 1.807) is 30.3 Å². The quantitative estimate of drug-likeness (QED) is 0.402. The van der Waals surface area contributed by atoms with Crippen molar-refractivity contribution in [3.8, 4) is 11.5 Å². The Labute approximate surface area is 178 Å². The number of carbonyl (C=O) groups excluding carboxylic acids is 1. The third-order valence-corrected chi connectivity index (χ3v) is 5.15. The average Bonchev–Trinajstić information content (AvgIpc) is 3.14. The predicted molar refractivity (Wildman–Crippen MR) is 113 cm³/mol. The fraction of sp³-hybridized carbons (Fsp3) is 0.286. The lowest BCUT2D eigenvalue weighted by molar-refractivity contribution is -0.113. The van der Waals surface area contributed by atoms with Gasteiger partial charge in [-0.05, 0) is 57.2 Å². The molecule has 7 nitrogen and oxygen atoms in total. The van der Waals surface area contributed by atoms with Gasteiger partial charge in [-0.15, -0.1) is 10.2 Å².